The Morgan fingerprint density at radius 3 is 2.06 bits per heavy atom. The van der Waals surface area contributed by atoms with Gasteiger partial charge < -0.3 is 15.2 Å². The van der Waals surface area contributed by atoms with Gasteiger partial charge in [-0.3, -0.25) is 14.4 Å². The SMILES string of the molecule is CCCCC/C=C\C/C=C\C(CCCCCCC(=O)NCC(=O)O)OC(=O)CCCCCCCCC. The van der Waals surface area contributed by atoms with Crippen molar-refractivity contribution in [3.05, 3.63) is 24.3 Å². The molecule has 0 saturated heterocycles. The third-order valence-electron chi connectivity index (χ3n) is 6.11. The van der Waals surface area contributed by atoms with E-state index >= 15 is 0 Å². The van der Waals surface area contributed by atoms with Crippen LogP contribution in [-0.4, -0.2) is 35.6 Å². The average Bonchev–Trinajstić information content (AvgIpc) is 2.85. The van der Waals surface area contributed by atoms with E-state index in [2.05, 4.69) is 37.4 Å². The van der Waals surface area contributed by atoms with Crippen LogP contribution in [0.4, 0.5) is 0 Å². The first-order chi connectivity index (χ1) is 17.5. The lowest BCUT2D eigenvalue weighted by atomic mass is 10.1. The van der Waals surface area contributed by atoms with Crippen LogP contribution in [0.5, 0.6) is 0 Å². The van der Waals surface area contributed by atoms with Gasteiger partial charge in [-0.25, -0.2) is 0 Å². The molecule has 0 aliphatic heterocycles. The van der Waals surface area contributed by atoms with Gasteiger partial charge in [0, 0.05) is 12.8 Å². The number of aliphatic carboxylic acids is 1. The van der Waals surface area contributed by atoms with Gasteiger partial charge in [0.05, 0.1) is 0 Å². The van der Waals surface area contributed by atoms with Gasteiger partial charge in [0.2, 0.25) is 5.91 Å². The van der Waals surface area contributed by atoms with Crippen molar-refractivity contribution in [2.24, 2.45) is 0 Å². The molecule has 0 aromatic carbocycles. The van der Waals surface area contributed by atoms with Gasteiger partial charge in [-0.1, -0.05) is 96.3 Å². The van der Waals surface area contributed by atoms with E-state index in [4.69, 9.17) is 9.84 Å². The highest BCUT2D eigenvalue weighted by atomic mass is 16.5. The van der Waals surface area contributed by atoms with Gasteiger partial charge in [0.1, 0.15) is 12.6 Å². The largest absolute Gasteiger partial charge is 0.480 e. The molecule has 0 aliphatic rings. The lowest BCUT2D eigenvalue weighted by Crippen LogP contribution is -2.28. The number of allylic oxidation sites excluding steroid dienone is 3. The van der Waals surface area contributed by atoms with E-state index in [1.54, 1.807) is 0 Å². The molecular formula is C30H53NO5. The highest BCUT2D eigenvalue weighted by Gasteiger charge is 2.11. The molecule has 2 N–H and O–H groups in total. The number of unbranched alkanes of at least 4 members (excludes halogenated alkanes) is 12. The van der Waals surface area contributed by atoms with Crippen LogP contribution in [0.15, 0.2) is 24.3 Å². The normalized spacial score (nSPS) is 12.3. The summed E-state index contributed by atoms with van der Waals surface area (Å²) in [5.74, 6) is -1.36. The lowest BCUT2D eigenvalue weighted by Gasteiger charge is -2.14. The number of rotatable bonds is 25. The van der Waals surface area contributed by atoms with E-state index in [0.29, 0.717) is 12.8 Å². The number of nitrogens with one attached hydrogen (secondary N) is 1. The first kappa shape index (κ1) is 33.9. The Bertz CT molecular complexity index is 614. The molecule has 6 nitrogen and oxygen atoms in total. The second-order valence-electron chi connectivity index (χ2n) is 9.65. The number of carboxylic acid groups (broad SMARTS) is 1. The molecule has 0 saturated carbocycles. The summed E-state index contributed by atoms with van der Waals surface area (Å²) in [4.78, 5) is 34.5. The number of carboxylic acids is 1. The van der Waals surface area contributed by atoms with Crippen molar-refractivity contribution in [1.29, 1.82) is 0 Å². The molecule has 0 rings (SSSR count). The van der Waals surface area contributed by atoms with Crippen molar-refractivity contribution < 1.29 is 24.2 Å². The van der Waals surface area contributed by atoms with Crippen LogP contribution in [0.3, 0.4) is 0 Å². The molecule has 0 aromatic heterocycles. The van der Waals surface area contributed by atoms with Gasteiger partial charge in [-0.05, 0) is 51.0 Å². The van der Waals surface area contributed by atoms with Crippen molar-refractivity contribution in [2.45, 2.75) is 142 Å². The number of esters is 1. The number of amides is 1. The van der Waals surface area contributed by atoms with Crippen molar-refractivity contribution in [3.63, 3.8) is 0 Å². The number of hydrogen-bond donors (Lipinski definition) is 2. The number of carbonyl (C=O) groups is 3. The molecule has 0 heterocycles. The van der Waals surface area contributed by atoms with Crippen molar-refractivity contribution in [3.8, 4) is 0 Å². The maximum Gasteiger partial charge on any atom is 0.322 e. The maximum atomic E-state index is 12.4. The van der Waals surface area contributed by atoms with Crippen LogP contribution in [0, 0.1) is 0 Å². The molecule has 208 valence electrons. The molecule has 0 radical (unpaired) electrons. The average molecular weight is 508 g/mol. The Hall–Kier alpha value is -2.11. The zero-order valence-corrected chi connectivity index (χ0v) is 23.1. The summed E-state index contributed by atoms with van der Waals surface area (Å²) >= 11 is 0. The zero-order chi connectivity index (χ0) is 26.7. The van der Waals surface area contributed by atoms with Crippen LogP contribution in [0.2, 0.25) is 0 Å². The first-order valence-corrected chi connectivity index (χ1v) is 14.5. The molecule has 0 aromatic rings. The Balaban J connectivity index is 4.31. The fourth-order valence-corrected chi connectivity index (χ4v) is 3.93. The fourth-order valence-electron chi connectivity index (χ4n) is 3.93. The monoisotopic (exact) mass is 507 g/mol. The maximum absolute atomic E-state index is 12.4. The van der Waals surface area contributed by atoms with Crippen LogP contribution in [0.1, 0.15) is 136 Å². The molecule has 1 unspecified atom stereocenters. The van der Waals surface area contributed by atoms with E-state index in [1.807, 2.05) is 6.08 Å². The summed E-state index contributed by atoms with van der Waals surface area (Å²) in [6.07, 6.45) is 27.4. The van der Waals surface area contributed by atoms with E-state index in [0.717, 1.165) is 57.8 Å². The second-order valence-corrected chi connectivity index (χ2v) is 9.65. The second kappa shape index (κ2) is 26.0. The predicted molar refractivity (Wildman–Crippen MR) is 148 cm³/mol. The van der Waals surface area contributed by atoms with E-state index in [-0.39, 0.29) is 24.5 Å². The Labute approximate surface area is 220 Å². The smallest absolute Gasteiger partial charge is 0.322 e. The molecule has 6 heteroatoms. The fraction of sp³-hybridized carbons (Fsp3) is 0.767. The summed E-state index contributed by atoms with van der Waals surface area (Å²) < 4.78 is 5.78. The topological polar surface area (TPSA) is 92.7 Å². The van der Waals surface area contributed by atoms with Gasteiger partial charge in [-0.2, -0.15) is 0 Å². The van der Waals surface area contributed by atoms with Gasteiger partial charge in [-0.15, -0.1) is 0 Å². The number of hydrogen-bond acceptors (Lipinski definition) is 4. The van der Waals surface area contributed by atoms with Crippen LogP contribution < -0.4 is 5.32 Å². The summed E-state index contributed by atoms with van der Waals surface area (Å²) in [6, 6.07) is 0. The number of carbonyl (C=O) groups excluding carboxylic acids is 2. The van der Waals surface area contributed by atoms with E-state index in [9.17, 15) is 14.4 Å². The minimum absolute atomic E-state index is 0.108. The zero-order valence-electron chi connectivity index (χ0n) is 23.1. The molecule has 0 bridgehead atoms. The van der Waals surface area contributed by atoms with E-state index in [1.165, 1.54) is 51.4 Å². The Kier molecular flexibility index (Phi) is 24.4. The van der Waals surface area contributed by atoms with Crippen LogP contribution >= 0.6 is 0 Å². The Morgan fingerprint density at radius 1 is 0.750 bits per heavy atom. The number of ether oxygens (including phenoxy) is 1. The molecule has 1 atom stereocenters. The van der Waals surface area contributed by atoms with Gasteiger partial charge in [0.25, 0.3) is 0 Å². The Morgan fingerprint density at radius 2 is 1.36 bits per heavy atom. The van der Waals surface area contributed by atoms with Crippen LogP contribution in [-0.2, 0) is 19.1 Å². The highest BCUT2D eigenvalue weighted by molar-refractivity contribution is 5.80. The first-order valence-electron chi connectivity index (χ1n) is 14.5. The van der Waals surface area contributed by atoms with E-state index < -0.39 is 5.97 Å². The standard InChI is InChI=1S/C30H53NO5/c1-3-5-7-9-11-13-14-18-22-27(36-30(35)25-21-15-12-10-8-6-4-2)23-19-16-17-20-24-28(32)31-26-29(33)34/h11,13,18,22,27H,3-10,12,14-17,19-21,23-26H2,1-2H3,(H,31,32)(H,33,34)/b13-11-,22-18-. The molecule has 0 aliphatic carbocycles. The van der Waals surface area contributed by atoms with Crippen molar-refractivity contribution in [1.82, 2.24) is 5.32 Å². The predicted octanol–water partition coefficient (Wildman–Crippen LogP) is 7.66. The van der Waals surface area contributed by atoms with Crippen molar-refractivity contribution >= 4 is 17.8 Å². The molecular weight excluding hydrogens is 454 g/mol. The summed E-state index contributed by atoms with van der Waals surface area (Å²) in [5.41, 5.74) is 0. The quantitative estimate of drug-likeness (QED) is 0.0751. The molecule has 0 fully saturated rings. The molecule has 0 spiro atoms. The summed E-state index contributed by atoms with van der Waals surface area (Å²) in [7, 11) is 0. The summed E-state index contributed by atoms with van der Waals surface area (Å²) in [5, 5.41) is 11.0. The lowest BCUT2D eigenvalue weighted by molar-refractivity contribution is -0.147. The minimum atomic E-state index is -1.03. The third kappa shape index (κ3) is 25.0. The van der Waals surface area contributed by atoms with Gasteiger partial charge in [0.15, 0.2) is 0 Å². The molecule has 1 amide bonds. The molecule has 36 heavy (non-hydrogen) atoms. The van der Waals surface area contributed by atoms with Crippen LogP contribution in [0.25, 0.3) is 0 Å². The third-order valence-corrected chi connectivity index (χ3v) is 6.11. The summed E-state index contributed by atoms with van der Waals surface area (Å²) in [6.45, 7) is 4.10. The minimum Gasteiger partial charge on any atom is -0.480 e. The van der Waals surface area contributed by atoms with Crippen molar-refractivity contribution in [2.75, 3.05) is 6.54 Å². The highest BCUT2D eigenvalue weighted by Crippen LogP contribution is 2.14. The van der Waals surface area contributed by atoms with Gasteiger partial charge >= 0.3 is 11.9 Å².